The molecule has 1 aromatic rings. The number of nitrogens with one attached hydrogen (secondary N) is 2. The van der Waals surface area contributed by atoms with E-state index in [2.05, 4.69) is 41.6 Å². The first kappa shape index (κ1) is 14.1. The van der Waals surface area contributed by atoms with E-state index in [1.54, 1.807) is 0 Å². The van der Waals surface area contributed by atoms with Crippen molar-refractivity contribution in [3.63, 3.8) is 0 Å². The second-order valence-corrected chi connectivity index (χ2v) is 4.93. The van der Waals surface area contributed by atoms with E-state index >= 15 is 0 Å². The van der Waals surface area contributed by atoms with Crippen molar-refractivity contribution >= 4 is 0 Å². The second kappa shape index (κ2) is 8.20. The summed E-state index contributed by atoms with van der Waals surface area (Å²) in [4.78, 5) is 4.19. The number of pyridine rings is 1. The quantitative estimate of drug-likeness (QED) is 0.678. The molecule has 2 N–H and O–H groups in total. The zero-order chi connectivity index (χ0) is 12.5. The molecule has 0 amide bonds. The first-order chi connectivity index (χ1) is 8.18. The Morgan fingerprint density at radius 3 is 2.71 bits per heavy atom. The van der Waals surface area contributed by atoms with Crippen molar-refractivity contribution in [3.8, 4) is 0 Å². The lowest BCUT2D eigenvalue weighted by Gasteiger charge is -2.08. The van der Waals surface area contributed by atoms with Crippen LogP contribution < -0.4 is 10.6 Å². The van der Waals surface area contributed by atoms with E-state index in [0.717, 1.165) is 37.8 Å². The van der Waals surface area contributed by atoms with Crippen LogP contribution in [0.4, 0.5) is 0 Å². The number of rotatable bonds is 8. The van der Waals surface area contributed by atoms with Crippen LogP contribution >= 0.6 is 0 Å². The van der Waals surface area contributed by atoms with Crippen molar-refractivity contribution < 1.29 is 0 Å². The van der Waals surface area contributed by atoms with Crippen LogP contribution in [0.5, 0.6) is 0 Å². The van der Waals surface area contributed by atoms with Crippen LogP contribution in [-0.2, 0) is 6.54 Å². The normalized spacial score (nSPS) is 11.1. The molecule has 1 rings (SSSR count). The van der Waals surface area contributed by atoms with Crippen molar-refractivity contribution in [2.45, 2.75) is 33.7 Å². The fourth-order valence-electron chi connectivity index (χ4n) is 1.68. The Morgan fingerprint density at radius 1 is 1.24 bits per heavy atom. The summed E-state index contributed by atoms with van der Waals surface area (Å²) in [5, 5.41) is 6.89. The minimum absolute atomic E-state index is 0.739. The van der Waals surface area contributed by atoms with Crippen molar-refractivity contribution in [2.75, 3.05) is 19.6 Å². The lowest BCUT2D eigenvalue weighted by Crippen LogP contribution is -2.24. The smallest absolute Gasteiger partial charge is 0.0375 e. The molecule has 17 heavy (non-hydrogen) atoms. The third-order valence-corrected chi connectivity index (χ3v) is 2.55. The highest BCUT2D eigenvalue weighted by molar-refractivity contribution is 5.14. The van der Waals surface area contributed by atoms with Gasteiger partial charge in [-0.3, -0.25) is 4.98 Å². The van der Waals surface area contributed by atoms with Gasteiger partial charge in [-0.25, -0.2) is 0 Å². The highest BCUT2D eigenvalue weighted by atomic mass is 14.9. The zero-order valence-electron chi connectivity index (χ0n) is 11.3. The van der Waals surface area contributed by atoms with E-state index in [-0.39, 0.29) is 0 Å². The lowest BCUT2D eigenvalue weighted by molar-refractivity contribution is 0.530. The van der Waals surface area contributed by atoms with E-state index in [4.69, 9.17) is 0 Å². The summed E-state index contributed by atoms with van der Waals surface area (Å²) in [5.41, 5.74) is 2.40. The molecule has 1 aromatic heterocycles. The van der Waals surface area contributed by atoms with Gasteiger partial charge >= 0.3 is 0 Å². The van der Waals surface area contributed by atoms with E-state index < -0.39 is 0 Å². The molecule has 0 unspecified atom stereocenters. The molecule has 0 atom stereocenters. The van der Waals surface area contributed by atoms with Gasteiger partial charge in [-0.1, -0.05) is 13.8 Å². The summed E-state index contributed by atoms with van der Waals surface area (Å²) < 4.78 is 0. The molecule has 3 heteroatoms. The molecule has 0 aliphatic rings. The maximum absolute atomic E-state index is 4.19. The van der Waals surface area contributed by atoms with Crippen molar-refractivity contribution in [1.82, 2.24) is 15.6 Å². The molecule has 0 radical (unpaired) electrons. The second-order valence-electron chi connectivity index (χ2n) is 4.93. The maximum Gasteiger partial charge on any atom is 0.0375 e. The molecule has 0 aliphatic carbocycles. The third kappa shape index (κ3) is 7.08. The predicted octanol–water partition coefficient (Wildman–Crippen LogP) is 2.12. The SMILES string of the molecule is Cc1cc(CNCCCNCC(C)C)ccn1. The van der Waals surface area contributed by atoms with Crippen LogP contribution in [0.3, 0.4) is 0 Å². The molecule has 0 aliphatic heterocycles. The summed E-state index contributed by atoms with van der Waals surface area (Å²) in [6, 6.07) is 4.20. The fraction of sp³-hybridized carbons (Fsp3) is 0.643. The maximum atomic E-state index is 4.19. The number of aromatic nitrogens is 1. The Morgan fingerprint density at radius 2 is 2.00 bits per heavy atom. The van der Waals surface area contributed by atoms with Gasteiger partial charge in [-0.05, 0) is 56.6 Å². The third-order valence-electron chi connectivity index (χ3n) is 2.55. The lowest BCUT2D eigenvalue weighted by atomic mass is 10.2. The Balaban J connectivity index is 2.01. The van der Waals surface area contributed by atoms with Crippen LogP contribution in [0.15, 0.2) is 18.3 Å². The molecule has 1 heterocycles. The number of nitrogens with zero attached hydrogens (tertiary/aromatic N) is 1. The first-order valence-electron chi connectivity index (χ1n) is 6.51. The molecular weight excluding hydrogens is 210 g/mol. The minimum Gasteiger partial charge on any atom is -0.316 e. The first-order valence-corrected chi connectivity index (χ1v) is 6.51. The molecule has 0 bridgehead atoms. The summed E-state index contributed by atoms with van der Waals surface area (Å²) in [6.07, 6.45) is 3.05. The Bertz CT molecular complexity index is 310. The molecule has 0 saturated heterocycles. The van der Waals surface area contributed by atoms with Crippen molar-refractivity contribution in [3.05, 3.63) is 29.6 Å². The van der Waals surface area contributed by atoms with Gasteiger partial charge in [0, 0.05) is 18.4 Å². The van der Waals surface area contributed by atoms with Gasteiger partial charge < -0.3 is 10.6 Å². The highest BCUT2D eigenvalue weighted by Crippen LogP contribution is 1.99. The van der Waals surface area contributed by atoms with Gasteiger partial charge in [0.2, 0.25) is 0 Å². The van der Waals surface area contributed by atoms with Gasteiger partial charge in [0.25, 0.3) is 0 Å². The molecule has 0 fully saturated rings. The van der Waals surface area contributed by atoms with E-state index in [1.807, 2.05) is 13.1 Å². The molecule has 0 saturated carbocycles. The molecule has 3 nitrogen and oxygen atoms in total. The summed E-state index contributed by atoms with van der Waals surface area (Å²) in [5.74, 6) is 0.739. The van der Waals surface area contributed by atoms with Crippen molar-refractivity contribution in [1.29, 1.82) is 0 Å². The Labute approximate surface area is 105 Å². The molecule has 0 aromatic carbocycles. The largest absolute Gasteiger partial charge is 0.316 e. The molecular formula is C14H25N3. The van der Waals surface area contributed by atoms with Crippen LogP contribution in [0.25, 0.3) is 0 Å². The summed E-state index contributed by atoms with van der Waals surface area (Å²) in [6.45, 7) is 10.7. The standard InChI is InChI=1S/C14H25N3/c1-12(2)10-15-6-4-7-16-11-14-5-8-17-13(3)9-14/h5,8-9,12,15-16H,4,6-7,10-11H2,1-3H3. The topological polar surface area (TPSA) is 37.0 Å². The predicted molar refractivity (Wildman–Crippen MR) is 73.0 cm³/mol. The van der Waals surface area contributed by atoms with Gasteiger partial charge in [0.15, 0.2) is 0 Å². The minimum atomic E-state index is 0.739. The van der Waals surface area contributed by atoms with Gasteiger partial charge in [-0.15, -0.1) is 0 Å². The number of hydrogen-bond donors (Lipinski definition) is 2. The van der Waals surface area contributed by atoms with Gasteiger partial charge in [-0.2, -0.15) is 0 Å². The Kier molecular flexibility index (Phi) is 6.82. The van der Waals surface area contributed by atoms with Gasteiger partial charge in [0.1, 0.15) is 0 Å². The van der Waals surface area contributed by atoms with Crippen LogP contribution in [0, 0.1) is 12.8 Å². The molecule has 96 valence electrons. The zero-order valence-corrected chi connectivity index (χ0v) is 11.3. The summed E-state index contributed by atoms with van der Waals surface area (Å²) >= 11 is 0. The Hall–Kier alpha value is -0.930. The number of hydrogen-bond acceptors (Lipinski definition) is 3. The average Bonchev–Trinajstić information content (AvgIpc) is 2.27. The van der Waals surface area contributed by atoms with Crippen LogP contribution in [0.2, 0.25) is 0 Å². The average molecular weight is 235 g/mol. The van der Waals surface area contributed by atoms with E-state index in [9.17, 15) is 0 Å². The van der Waals surface area contributed by atoms with Crippen LogP contribution in [0.1, 0.15) is 31.5 Å². The van der Waals surface area contributed by atoms with E-state index in [0.29, 0.717) is 0 Å². The highest BCUT2D eigenvalue weighted by Gasteiger charge is 1.95. The van der Waals surface area contributed by atoms with E-state index in [1.165, 1.54) is 12.0 Å². The van der Waals surface area contributed by atoms with Crippen LogP contribution in [-0.4, -0.2) is 24.6 Å². The van der Waals surface area contributed by atoms with Crippen molar-refractivity contribution in [2.24, 2.45) is 5.92 Å². The summed E-state index contributed by atoms with van der Waals surface area (Å²) in [7, 11) is 0. The number of aryl methyl sites for hydroxylation is 1. The van der Waals surface area contributed by atoms with Gasteiger partial charge in [0.05, 0.1) is 0 Å². The fourth-order valence-corrected chi connectivity index (χ4v) is 1.68. The monoisotopic (exact) mass is 235 g/mol. The molecule has 0 spiro atoms.